The van der Waals surface area contributed by atoms with Crippen LogP contribution in [0.15, 0.2) is 18.2 Å². The molecule has 0 aliphatic heterocycles. The molecule has 0 radical (unpaired) electrons. The number of nitrogens with one attached hydrogen (secondary N) is 1. The molecule has 0 saturated carbocycles. The lowest BCUT2D eigenvalue weighted by molar-refractivity contribution is -0.132. The summed E-state index contributed by atoms with van der Waals surface area (Å²) in [5, 5.41) is 3.99. The molecule has 1 N–H and O–H groups in total. The molecule has 0 spiro atoms. The van der Waals surface area contributed by atoms with Crippen molar-refractivity contribution in [1.29, 1.82) is 0 Å². The van der Waals surface area contributed by atoms with Gasteiger partial charge in [-0.2, -0.15) is 0 Å². The average molecular weight is 313 g/mol. The Morgan fingerprint density at radius 1 is 1.33 bits per heavy atom. The predicted octanol–water partition coefficient (Wildman–Crippen LogP) is 3.26. The molecule has 1 unspecified atom stereocenters. The minimum Gasteiger partial charge on any atom is -0.483 e. The van der Waals surface area contributed by atoms with E-state index < -0.39 is 0 Å². The summed E-state index contributed by atoms with van der Waals surface area (Å²) >= 11 is 6.06. The first kappa shape index (κ1) is 17.8. The maximum absolute atomic E-state index is 12.0. The van der Waals surface area contributed by atoms with Crippen LogP contribution in [-0.2, 0) is 4.79 Å². The second-order valence-corrected chi connectivity index (χ2v) is 5.25. The number of nitrogens with zero attached hydrogens (tertiary/aromatic N) is 1. The standard InChI is InChI=1S/C16H25ClN2O2/c1-5-18-12(4)14-10-13(17)8-9-15(14)21-11-16(20)19(6-2)7-3/h8-10,12,18H,5-7,11H2,1-4H3. The first-order chi connectivity index (χ1) is 10.0. The number of hydrogen-bond donors (Lipinski definition) is 1. The van der Waals surface area contributed by atoms with E-state index in [2.05, 4.69) is 5.32 Å². The summed E-state index contributed by atoms with van der Waals surface area (Å²) in [6.45, 7) is 10.3. The Morgan fingerprint density at radius 2 is 2.00 bits per heavy atom. The van der Waals surface area contributed by atoms with Crippen molar-refractivity contribution in [2.45, 2.75) is 33.7 Å². The van der Waals surface area contributed by atoms with Gasteiger partial charge in [0.25, 0.3) is 5.91 Å². The van der Waals surface area contributed by atoms with Gasteiger partial charge in [0.2, 0.25) is 0 Å². The lowest BCUT2D eigenvalue weighted by Gasteiger charge is -2.21. The van der Waals surface area contributed by atoms with Gasteiger partial charge < -0.3 is 15.0 Å². The van der Waals surface area contributed by atoms with Gasteiger partial charge in [0.05, 0.1) is 0 Å². The minimum absolute atomic E-state index is 0.00277. The zero-order chi connectivity index (χ0) is 15.8. The van der Waals surface area contributed by atoms with Crippen LogP contribution < -0.4 is 10.1 Å². The van der Waals surface area contributed by atoms with E-state index in [4.69, 9.17) is 16.3 Å². The molecule has 1 atom stereocenters. The Labute approximate surface area is 132 Å². The van der Waals surface area contributed by atoms with Crippen molar-refractivity contribution in [3.8, 4) is 5.75 Å². The van der Waals surface area contributed by atoms with Crippen molar-refractivity contribution < 1.29 is 9.53 Å². The van der Waals surface area contributed by atoms with Crippen LogP contribution in [0, 0.1) is 0 Å². The van der Waals surface area contributed by atoms with E-state index in [-0.39, 0.29) is 18.6 Å². The third kappa shape index (κ3) is 5.21. The summed E-state index contributed by atoms with van der Waals surface area (Å²) < 4.78 is 5.72. The van der Waals surface area contributed by atoms with E-state index >= 15 is 0 Å². The van der Waals surface area contributed by atoms with Crippen LogP contribution in [0.3, 0.4) is 0 Å². The molecule has 0 aliphatic carbocycles. The monoisotopic (exact) mass is 312 g/mol. The highest BCUT2D eigenvalue weighted by Crippen LogP contribution is 2.28. The van der Waals surface area contributed by atoms with Crippen molar-refractivity contribution in [2.75, 3.05) is 26.2 Å². The van der Waals surface area contributed by atoms with Crippen molar-refractivity contribution in [1.82, 2.24) is 10.2 Å². The van der Waals surface area contributed by atoms with Crippen molar-refractivity contribution >= 4 is 17.5 Å². The van der Waals surface area contributed by atoms with Gasteiger partial charge in [-0.3, -0.25) is 4.79 Å². The molecule has 0 saturated heterocycles. The summed E-state index contributed by atoms with van der Waals surface area (Å²) in [6.07, 6.45) is 0. The molecule has 21 heavy (non-hydrogen) atoms. The zero-order valence-electron chi connectivity index (χ0n) is 13.3. The highest BCUT2D eigenvalue weighted by Gasteiger charge is 2.15. The van der Waals surface area contributed by atoms with Gasteiger partial charge in [-0.05, 0) is 45.5 Å². The smallest absolute Gasteiger partial charge is 0.260 e. The number of rotatable bonds is 8. The summed E-state index contributed by atoms with van der Waals surface area (Å²) in [5.74, 6) is 0.699. The van der Waals surface area contributed by atoms with Crippen LogP contribution in [0.25, 0.3) is 0 Å². The number of amides is 1. The zero-order valence-corrected chi connectivity index (χ0v) is 14.0. The first-order valence-electron chi connectivity index (χ1n) is 7.46. The van der Waals surface area contributed by atoms with Crippen LogP contribution in [0.4, 0.5) is 0 Å². The molecule has 118 valence electrons. The van der Waals surface area contributed by atoms with E-state index in [1.807, 2.05) is 39.8 Å². The van der Waals surface area contributed by atoms with E-state index in [1.54, 1.807) is 11.0 Å². The fourth-order valence-corrected chi connectivity index (χ4v) is 2.39. The molecule has 1 amide bonds. The lowest BCUT2D eigenvalue weighted by atomic mass is 10.1. The van der Waals surface area contributed by atoms with Crippen LogP contribution in [-0.4, -0.2) is 37.0 Å². The fraction of sp³-hybridized carbons (Fsp3) is 0.562. The van der Waals surface area contributed by atoms with Crippen LogP contribution in [0.1, 0.15) is 39.3 Å². The number of hydrogen-bond acceptors (Lipinski definition) is 3. The maximum Gasteiger partial charge on any atom is 0.260 e. The van der Waals surface area contributed by atoms with Crippen molar-refractivity contribution in [3.63, 3.8) is 0 Å². The third-order valence-corrected chi connectivity index (χ3v) is 3.65. The Kier molecular flexibility index (Phi) is 7.54. The highest BCUT2D eigenvalue weighted by molar-refractivity contribution is 6.30. The molecular formula is C16H25ClN2O2. The predicted molar refractivity (Wildman–Crippen MR) is 87.0 cm³/mol. The molecule has 1 rings (SSSR count). The molecule has 1 aromatic rings. The van der Waals surface area contributed by atoms with Crippen LogP contribution >= 0.6 is 11.6 Å². The van der Waals surface area contributed by atoms with Gasteiger partial charge >= 0.3 is 0 Å². The lowest BCUT2D eigenvalue weighted by Crippen LogP contribution is -2.34. The summed E-state index contributed by atoms with van der Waals surface area (Å²) in [6, 6.07) is 5.60. The fourth-order valence-electron chi connectivity index (χ4n) is 2.21. The minimum atomic E-state index is -0.00277. The van der Waals surface area contributed by atoms with Gasteiger partial charge in [0.15, 0.2) is 6.61 Å². The molecule has 4 nitrogen and oxygen atoms in total. The van der Waals surface area contributed by atoms with Crippen LogP contribution in [0.5, 0.6) is 5.75 Å². The van der Waals surface area contributed by atoms with Gasteiger partial charge in [0, 0.05) is 29.7 Å². The van der Waals surface area contributed by atoms with Gasteiger partial charge in [-0.1, -0.05) is 18.5 Å². The van der Waals surface area contributed by atoms with E-state index in [0.29, 0.717) is 23.9 Å². The molecule has 0 aromatic heterocycles. The number of carbonyl (C=O) groups is 1. The molecule has 0 heterocycles. The quantitative estimate of drug-likeness (QED) is 0.801. The Hall–Kier alpha value is -1.26. The van der Waals surface area contributed by atoms with E-state index in [0.717, 1.165) is 12.1 Å². The molecule has 5 heteroatoms. The Morgan fingerprint density at radius 3 is 2.57 bits per heavy atom. The number of benzene rings is 1. The molecule has 0 bridgehead atoms. The number of carbonyl (C=O) groups excluding carboxylic acids is 1. The van der Waals surface area contributed by atoms with E-state index in [9.17, 15) is 4.79 Å². The highest BCUT2D eigenvalue weighted by atomic mass is 35.5. The second-order valence-electron chi connectivity index (χ2n) is 4.82. The molecule has 0 fully saturated rings. The normalized spacial score (nSPS) is 12.0. The number of ether oxygens (including phenoxy) is 1. The maximum atomic E-state index is 12.0. The molecular weight excluding hydrogens is 288 g/mol. The SMILES string of the molecule is CCNC(C)c1cc(Cl)ccc1OCC(=O)N(CC)CC. The topological polar surface area (TPSA) is 41.6 Å². The summed E-state index contributed by atoms with van der Waals surface area (Å²) in [7, 11) is 0. The van der Waals surface area contributed by atoms with Gasteiger partial charge in [0.1, 0.15) is 5.75 Å². The van der Waals surface area contributed by atoms with Crippen molar-refractivity contribution in [2.24, 2.45) is 0 Å². The van der Waals surface area contributed by atoms with Gasteiger partial charge in [-0.25, -0.2) is 0 Å². The summed E-state index contributed by atoms with van der Waals surface area (Å²) in [4.78, 5) is 13.8. The van der Waals surface area contributed by atoms with Crippen molar-refractivity contribution in [3.05, 3.63) is 28.8 Å². The number of halogens is 1. The van der Waals surface area contributed by atoms with Gasteiger partial charge in [-0.15, -0.1) is 0 Å². The average Bonchev–Trinajstić information content (AvgIpc) is 2.47. The third-order valence-electron chi connectivity index (χ3n) is 3.42. The molecule has 0 aliphatic rings. The summed E-state index contributed by atoms with van der Waals surface area (Å²) in [5.41, 5.74) is 0.969. The largest absolute Gasteiger partial charge is 0.483 e. The Balaban J connectivity index is 2.81. The second kappa shape index (κ2) is 8.90. The molecule has 1 aromatic carbocycles. The van der Waals surface area contributed by atoms with E-state index in [1.165, 1.54) is 0 Å². The Bertz CT molecular complexity index is 462. The van der Waals surface area contributed by atoms with Crippen LogP contribution in [0.2, 0.25) is 5.02 Å². The number of likely N-dealkylation sites (N-methyl/N-ethyl adjacent to an activating group) is 1. The first-order valence-corrected chi connectivity index (χ1v) is 7.84.